The van der Waals surface area contributed by atoms with Gasteiger partial charge in [-0.3, -0.25) is 4.98 Å². The molecular formula is C13H15N3O. The second kappa shape index (κ2) is 4.14. The Morgan fingerprint density at radius 1 is 1.29 bits per heavy atom. The Morgan fingerprint density at radius 2 is 2.06 bits per heavy atom. The number of hydrogen-bond donors (Lipinski definition) is 2. The van der Waals surface area contributed by atoms with Crippen LogP contribution in [-0.2, 0) is 5.60 Å². The highest BCUT2D eigenvalue weighted by molar-refractivity contribution is 5.51. The fourth-order valence-electron chi connectivity index (χ4n) is 2.01. The van der Waals surface area contributed by atoms with E-state index in [9.17, 15) is 5.11 Å². The van der Waals surface area contributed by atoms with Crippen molar-refractivity contribution in [1.82, 2.24) is 9.97 Å². The summed E-state index contributed by atoms with van der Waals surface area (Å²) in [5, 5.41) is 10.7. The van der Waals surface area contributed by atoms with Crippen LogP contribution in [0.1, 0.15) is 23.6 Å². The summed E-state index contributed by atoms with van der Waals surface area (Å²) in [5.74, 6) is 0.346. The van der Waals surface area contributed by atoms with Gasteiger partial charge >= 0.3 is 0 Å². The van der Waals surface area contributed by atoms with Crippen molar-refractivity contribution in [2.24, 2.45) is 0 Å². The normalized spacial score (nSPS) is 14.3. The predicted molar refractivity (Wildman–Crippen MR) is 66.3 cm³/mol. The lowest BCUT2D eigenvalue weighted by molar-refractivity contribution is 0.102. The fourth-order valence-corrected chi connectivity index (χ4v) is 2.01. The molecule has 0 bridgehead atoms. The molecule has 1 atom stereocenters. The molecule has 1 unspecified atom stereocenters. The van der Waals surface area contributed by atoms with Crippen LogP contribution in [0.25, 0.3) is 0 Å². The van der Waals surface area contributed by atoms with Crippen LogP contribution in [0.15, 0.2) is 36.8 Å². The van der Waals surface area contributed by atoms with E-state index in [1.165, 1.54) is 0 Å². The highest BCUT2D eigenvalue weighted by atomic mass is 16.3. The second-order valence-corrected chi connectivity index (χ2v) is 4.20. The van der Waals surface area contributed by atoms with E-state index in [0.717, 1.165) is 5.56 Å². The highest BCUT2D eigenvalue weighted by Gasteiger charge is 2.30. The Labute approximate surface area is 100 Å². The van der Waals surface area contributed by atoms with Gasteiger partial charge in [0.05, 0.1) is 0 Å². The van der Waals surface area contributed by atoms with Gasteiger partial charge in [0.25, 0.3) is 0 Å². The number of nitrogens with zero attached hydrogens (tertiary/aromatic N) is 2. The van der Waals surface area contributed by atoms with Gasteiger partial charge in [-0.15, -0.1) is 0 Å². The molecule has 0 saturated heterocycles. The van der Waals surface area contributed by atoms with Crippen molar-refractivity contribution in [3.63, 3.8) is 0 Å². The first-order chi connectivity index (χ1) is 8.03. The van der Waals surface area contributed by atoms with E-state index in [2.05, 4.69) is 9.97 Å². The Morgan fingerprint density at radius 3 is 2.65 bits per heavy atom. The summed E-state index contributed by atoms with van der Waals surface area (Å²) < 4.78 is 0. The van der Waals surface area contributed by atoms with Gasteiger partial charge in [-0.1, -0.05) is 6.07 Å². The molecule has 0 saturated carbocycles. The van der Waals surface area contributed by atoms with Crippen LogP contribution >= 0.6 is 0 Å². The maximum atomic E-state index is 10.7. The number of anilines is 1. The minimum atomic E-state index is -1.18. The molecule has 2 rings (SSSR count). The van der Waals surface area contributed by atoms with Gasteiger partial charge in [0.2, 0.25) is 0 Å². The largest absolute Gasteiger partial charge is 0.383 e. The number of aliphatic hydroxyl groups is 1. The zero-order valence-corrected chi connectivity index (χ0v) is 9.88. The lowest BCUT2D eigenvalue weighted by Crippen LogP contribution is -2.26. The first kappa shape index (κ1) is 11.5. The standard InChI is InChI=1S/C13H15N3O/c1-9-5-7-16-12(14)11(9)13(2,17)10-4-3-6-15-8-10/h3-8,17H,1-2H3,(H2,14,16). The van der Waals surface area contributed by atoms with Crippen molar-refractivity contribution in [2.75, 3.05) is 5.73 Å². The smallest absolute Gasteiger partial charge is 0.130 e. The average Bonchev–Trinajstić information content (AvgIpc) is 2.29. The summed E-state index contributed by atoms with van der Waals surface area (Å²) in [6.07, 6.45) is 4.93. The zero-order chi connectivity index (χ0) is 12.5. The minimum absolute atomic E-state index is 0.346. The van der Waals surface area contributed by atoms with Gasteiger partial charge in [-0.25, -0.2) is 4.98 Å². The molecule has 2 aromatic rings. The lowest BCUT2D eigenvalue weighted by atomic mass is 9.87. The second-order valence-electron chi connectivity index (χ2n) is 4.20. The molecule has 4 nitrogen and oxygen atoms in total. The molecule has 2 aromatic heterocycles. The van der Waals surface area contributed by atoms with E-state index >= 15 is 0 Å². The lowest BCUT2D eigenvalue weighted by Gasteiger charge is -2.26. The van der Waals surface area contributed by atoms with Gasteiger partial charge in [-0.2, -0.15) is 0 Å². The topological polar surface area (TPSA) is 72.0 Å². The van der Waals surface area contributed by atoms with Gasteiger partial charge in [0, 0.05) is 29.7 Å². The number of nitrogen functional groups attached to an aromatic ring is 1. The molecule has 0 aliphatic carbocycles. The number of pyridine rings is 2. The average molecular weight is 229 g/mol. The molecule has 2 heterocycles. The molecule has 0 amide bonds. The third-order valence-electron chi connectivity index (χ3n) is 2.90. The highest BCUT2D eigenvalue weighted by Crippen LogP contribution is 2.33. The third-order valence-corrected chi connectivity index (χ3v) is 2.90. The zero-order valence-electron chi connectivity index (χ0n) is 9.88. The number of rotatable bonds is 2. The SMILES string of the molecule is Cc1ccnc(N)c1C(C)(O)c1cccnc1. The molecule has 0 aromatic carbocycles. The molecule has 0 fully saturated rings. The van der Waals surface area contributed by atoms with Crippen LogP contribution in [-0.4, -0.2) is 15.1 Å². The first-order valence-electron chi connectivity index (χ1n) is 5.38. The molecule has 88 valence electrons. The van der Waals surface area contributed by atoms with Crippen molar-refractivity contribution in [3.8, 4) is 0 Å². The van der Waals surface area contributed by atoms with Gasteiger partial charge in [-0.05, 0) is 31.5 Å². The summed E-state index contributed by atoms with van der Waals surface area (Å²) >= 11 is 0. The quantitative estimate of drug-likeness (QED) is 0.820. The van der Waals surface area contributed by atoms with Gasteiger partial charge in [0.1, 0.15) is 11.4 Å². The van der Waals surface area contributed by atoms with Crippen LogP contribution in [0, 0.1) is 6.92 Å². The van der Waals surface area contributed by atoms with E-state index in [4.69, 9.17) is 5.73 Å². The number of nitrogens with two attached hydrogens (primary N) is 1. The molecule has 0 spiro atoms. The number of hydrogen-bond acceptors (Lipinski definition) is 4. The monoisotopic (exact) mass is 229 g/mol. The van der Waals surface area contributed by atoms with Gasteiger partial charge < -0.3 is 10.8 Å². The Balaban J connectivity index is 2.60. The molecule has 17 heavy (non-hydrogen) atoms. The van der Waals surface area contributed by atoms with Crippen molar-refractivity contribution >= 4 is 5.82 Å². The Kier molecular flexibility index (Phi) is 2.81. The van der Waals surface area contributed by atoms with Crippen LogP contribution in [0.4, 0.5) is 5.82 Å². The number of aromatic nitrogens is 2. The van der Waals surface area contributed by atoms with Crippen molar-refractivity contribution < 1.29 is 5.11 Å². The summed E-state index contributed by atoms with van der Waals surface area (Å²) in [7, 11) is 0. The molecule has 3 N–H and O–H groups in total. The molecular weight excluding hydrogens is 214 g/mol. The summed E-state index contributed by atoms with van der Waals surface area (Å²) in [6.45, 7) is 3.60. The minimum Gasteiger partial charge on any atom is -0.383 e. The van der Waals surface area contributed by atoms with Crippen LogP contribution in [0.2, 0.25) is 0 Å². The summed E-state index contributed by atoms with van der Waals surface area (Å²) in [6, 6.07) is 5.43. The van der Waals surface area contributed by atoms with Crippen LogP contribution in [0.3, 0.4) is 0 Å². The molecule has 4 heteroatoms. The van der Waals surface area contributed by atoms with Crippen LogP contribution < -0.4 is 5.73 Å². The molecule has 0 radical (unpaired) electrons. The fraction of sp³-hybridized carbons (Fsp3) is 0.231. The Bertz CT molecular complexity index is 503. The molecule has 0 aliphatic rings. The Hall–Kier alpha value is -1.94. The summed E-state index contributed by atoms with van der Waals surface area (Å²) in [5.41, 5.74) is 6.91. The third kappa shape index (κ3) is 1.99. The van der Waals surface area contributed by atoms with Crippen LogP contribution in [0.5, 0.6) is 0 Å². The van der Waals surface area contributed by atoms with E-state index in [-0.39, 0.29) is 0 Å². The van der Waals surface area contributed by atoms with Crippen molar-refractivity contribution in [3.05, 3.63) is 53.5 Å². The van der Waals surface area contributed by atoms with Gasteiger partial charge in [0.15, 0.2) is 0 Å². The van der Waals surface area contributed by atoms with Crippen molar-refractivity contribution in [1.29, 1.82) is 0 Å². The van der Waals surface area contributed by atoms with E-state index in [0.29, 0.717) is 16.9 Å². The van der Waals surface area contributed by atoms with E-state index < -0.39 is 5.60 Å². The van der Waals surface area contributed by atoms with Crippen molar-refractivity contribution in [2.45, 2.75) is 19.4 Å². The predicted octanol–water partition coefficient (Wildman–Crippen LogP) is 1.62. The maximum absolute atomic E-state index is 10.7. The first-order valence-corrected chi connectivity index (χ1v) is 5.38. The van der Waals surface area contributed by atoms with E-state index in [1.807, 2.05) is 19.1 Å². The molecule has 0 aliphatic heterocycles. The van der Waals surface area contributed by atoms with E-state index in [1.54, 1.807) is 31.6 Å². The number of aryl methyl sites for hydroxylation is 1. The maximum Gasteiger partial charge on any atom is 0.130 e. The summed E-state index contributed by atoms with van der Waals surface area (Å²) in [4.78, 5) is 8.04.